The van der Waals surface area contributed by atoms with Crippen molar-refractivity contribution in [3.8, 4) is 57.5 Å². The number of methoxy groups -OCH3 is 2. The molecular formula is C52H42O8. The Bertz CT molecular complexity index is 2460. The smallest absolute Gasteiger partial charge is 0.188 e. The molecule has 0 amide bonds. The summed E-state index contributed by atoms with van der Waals surface area (Å²) in [7, 11) is 3.30. The predicted molar refractivity (Wildman–Crippen MR) is 227 cm³/mol. The van der Waals surface area contributed by atoms with Crippen molar-refractivity contribution in [3.63, 3.8) is 0 Å². The van der Waals surface area contributed by atoms with Gasteiger partial charge in [0.25, 0.3) is 0 Å². The topological polar surface area (TPSA) is 73.8 Å². The van der Waals surface area contributed by atoms with E-state index in [1.54, 1.807) is 14.2 Å². The molecule has 7 aromatic rings. The maximum atomic E-state index is 7.18. The summed E-state index contributed by atoms with van der Waals surface area (Å²) in [4.78, 5) is 0. The van der Waals surface area contributed by atoms with E-state index < -0.39 is 0 Å². The van der Waals surface area contributed by atoms with Gasteiger partial charge in [-0.1, -0.05) is 109 Å². The summed E-state index contributed by atoms with van der Waals surface area (Å²) < 4.78 is 52.6. The highest BCUT2D eigenvalue weighted by atomic mass is 16.7. The van der Waals surface area contributed by atoms with Crippen molar-refractivity contribution in [1.29, 1.82) is 0 Å². The van der Waals surface area contributed by atoms with Crippen LogP contribution in [0.3, 0.4) is 0 Å². The van der Waals surface area contributed by atoms with Crippen molar-refractivity contribution in [2.45, 2.75) is 38.5 Å². The van der Waals surface area contributed by atoms with Gasteiger partial charge in [-0.05, 0) is 66.8 Å². The van der Waals surface area contributed by atoms with E-state index in [-0.39, 0.29) is 13.6 Å². The lowest BCUT2D eigenvalue weighted by Gasteiger charge is -2.23. The lowest BCUT2D eigenvalue weighted by Crippen LogP contribution is -2.08. The molecule has 0 spiro atoms. The Hall–Kier alpha value is -6.74. The molecule has 8 heteroatoms. The van der Waals surface area contributed by atoms with Crippen molar-refractivity contribution in [1.82, 2.24) is 0 Å². The van der Waals surface area contributed by atoms with Crippen LogP contribution in [0.15, 0.2) is 121 Å². The molecule has 0 unspecified atom stereocenters. The number of rotatable bonds is 6. The van der Waals surface area contributed by atoms with Gasteiger partial charge in [-0.25, -0.2) is 0 Å². The zero-order chi connectivity index (χ0) is 40.2. The second-order valence-corrected chi connectivity index (χ2v) is 15.7. The average molecular weight is 795 g/mol. The second kappa shape index (κ2) is 15.1. The average Bonchev–Trinajstić information content (AvgIpc) is 3.36. The van der Waals surface area contributed by atoms with Crippen LogP contribution in [-0.4, -0.2) is 27.8 Å². The van der Waals surface area contributed by atoms with Gasteiger partial charge in [0.15, 0.2) is 36.6 Å². The monoisotopic (exact) mass is 794 g/mol. The van der Waals surface area contributed by atoms with E-state index in [1.165, 1.54) is 0 Å². The van der Waals surface area contributed by atoms with Gasteiger partial charge < -0.3 is 37.9 Å². The minimum Gasteiger partial charge on any atom is -0.467 e. The highest BCUT2D eigenvalue weighted by Gasteiger charge is 2.30. The first-order valence-corrected chi connectivity index (χ1v) is 20.4. The molecule has 4 aliphatic heterocycles. The molecule has 60 heavy (non-hydrogen) atoms. The summed E-state index contributed by atoms with van der Waals surface area (Å²) in [5.41, 5.74) is 12.3. The van der Waals surface area contributed by atoms with Gasteiger partial charge in [0.05, 0.1) is 0 Å². The maximum absolute atomic E-state index is 7.18. The van der Waals surface area contributed by atoms with Crippen molar-refractivity contribution in [2.24, 2.45) is 0 Å². The highest BCUT2D eigenvalue weighted by molar-refractivity contribution is 5.66. The summed E-state index contributed by atoms with van der Waals surface area (Å²) >= 11 is 0. The first kappa shape index (κ1) is 36.3. The SMILES string of the molecule is COCOc1c2cccc1Cc1cccc3c1Oc1cc4c5cc1Oc1c(cccc1C3)Cc1cccc(c1OCOC)Cc1cccc(c1O5)Cc1cccc(c1O4)C2. The van der Waals surface area contributed by atoms with Crippen LogP contribution in [0, 0.1) is 0 Å². The minimum absolute atomic E-state index is 0.116. The van der Waals surface area contributed by atoms with Gasteiger partial charge >= 0.3 is 0 Å². The molecule has 0 fully saturated rings. The van der Waals surface area contributed by atoms with Crippen LogP contribution in [0.25, 0.3) is 0 Å². The Balaban J connectivity index is 1.24. The molecule has 0 saturated carbocycles. The third kappa shape index (κ3) is 6.49. The zero-order valence-electron chi connectivity index (χ0n) is 33.5. The summed E-state index contributed by atoms with van der Waals surface area (Å²) in [6.45, 7) is 0.231. The van der Waals surface area contributed by atoms with E-state index >= 15 is 0 Å². The standard InChI is InChI=1S/C52H42O8/c1-53-29-55-47-31-9-3-10-32(47)22-36-14-6-18-40-26-42-20-8-16-38-24-34-12-4-11-33(48(34)56-30-54-2)23-37-15-7-19-41-25-39-17-5-13-35(21-31)49(39)57-43-27-44(58-50(36)40)46(60-52(38)42)28-45(43)59-51(37)41/h3-20,27-28H,21-26,29-30H2,1-2H3. The van der Waals surface area contributed by atoms with E-state index in [1.807, 2.05) is 12.1 Å². The van der Waals surface area contributed by atoms with Crippen LogP contribution in [0.5, 0.6) is 57.5 Å². The molecular weight excluding hydrogens is 753 g/mol. The maximum Gasteiger partial charge on any atom is 0.188 e. The van der Waals surface area contributed by atoms with Gasteiger partial charge in [0.1, 0.15) is 34.5 Å². The number of ether oxygens (including phenoxy) is 8. The van der Waals surface area contributed by atoms with Crippen molar-refractivity contribution in [3.05, 3.63) is 188 Å². The fourth-order valence-electron chi connectivity index (χ4n) is 9.14. The van der Waals surface area contributed by atoms with Gasteiger partial charge in [0.2, 0.25) is 0 Å². The third-order valence-electron chi connectivity index (χ3n) is 11.9. The van der Waals surface area contributed by atoms with Crippen molar-refractivity contribution in [2.75, 3.05) is 27.8 Å². The van der Waals surface area contributed by atoms with E-state index in [4.69, 9.17) is 37.9 Å². The van der Waals surface area contributed by atoms with Crippen molar-refractivity contribution >= 4 is 0 Å². The lowest BCUT2D eigenvalue weighted by atomic mass is 9.91. The molecule has 0 radical (unpaired) electrons. The minimum atomic E-state index is 0.116. The molecule has 0 aliphatic carbocycles. The fourth-order valence-corrected chi connectivity index (χ4v) is 9.14. The number of para-hydroxylation sites is 6. The summed E-state index contributed by atoms with van der Waals surface area (Å²) in [5, 5.41) is 0. The van der Waals surface area contributed by atoms with Gasteiger partial charge in [0, 0.05) is 64.9 Å². The Morgan fingerprint density at radius 3 is 0.783 bits per heavy atom. The Morgan fingerprint density at radius 1 is 0.333 bits per heavy atom. The molecule has 7 aromatic carbocycles. The number of fused-ring (bicyclic) bond motifs is 4. The van der Waals surface area contributed by atoms with Crippen LogP contribution in [0.1, 0.15) is 66.8 Å². The summed E-state index contributed by atoms with van der Waals surface area (Å²) in [6.07, 6.45) is 3.40. The van der Waals surface area contributed by atoms with Crippen LogP contribution >= 0.6 is 0 Å². The van der Waals surface area contributed by atoms with Crippen molar-refractivity contribution < 1.29 is 37.9 Å². The largest absolute Gasteiger partial charge is 0.467 e. The Kier molecular flexibility index (Phi) is 9.17. The van der Waals surface area contributed by atoms with Gasteiger partial charge in [-0.3, -0.25) is 0 Å². The van der Waals surface area contributed by atoms with Crippen LogP contribution in [-0.2, 0) is 48.0 Å². The summed E-state index contributed by atoms with van der Waals surface area (Å²) in [6, 6.07) is 42.1. The van der Waals surface area contributed by atoms with Gasteiger partial charge in [-0.15, -0.1) is 0 Å². The van der Waals surface area contributed by atoms with E-state index in [0.29, 0.717) is 61.5 Å². The lowest BCUT2D eigenvalue weighted by molar-refractivity contribution is 0.0497. The first-order valence-electron chi connectivity index (χ1n) is 20.4. The molecule has 0 atom stereocenters. The van der Waals surface area contributed by atoms with Gasteiger partial charge in [-0.2, -0.15) is 0 Å². The predicted octanol–water partition coefficient (Wildman–Crippen LogP) is 11.6. The van der Waals surface area contributed by atoms with E-state index in [0.717, 1.165) is 101 Å². The van der Waals surface area contributed by atoms with E-state index in [9.17, 15) is 0 Å². The second-order valence-electron chi connectivity index (χ2n) is 15.7. The normalized spacial score (nSPS) is 13.9. The highest BCUT2D eigenvalue weighted by Crippen LogP contribution is 2.52. The molecule has 11 rings (SSSR count). The van der Waals surface area contributed by atoms with Crippen LogP contribution in [0.2, 0.25) is 0 Å². The van der Waals surface area contributed by atoms with Crippen LogP contribution < -0.4 is 28.4 Å². The molecule has 0 aromatic heterocycles. The molecule has 0 N–H and O–H groups in total. The quantitative estimate of drug-likeness (QED) is 0.154. The third-order valence-corrected chi connectivity index (χ3v) is 11.9. The fraction of sp³-hybridized carbons (Fsp3) is 0.192. The number of hydrogen-bond donors (Lipinski definition) is 0. The summed E-state index contributed by atoms with van der Waals surface area (Å²) in [5.74, 6) is 6.69. The molecule has 12 bridgehead atoms. The van der Waals surface area contributed by atoms with E-state index in [2.05, 4.69) is 109 Å². The number of benzene rings is 7. The molecule has 298 valence electrons. The molecule has 8 nitrogen and oxygen atoms in total. The first-order chi connectivity index (χ1) is 29.6. The Morgan fingerprint density at radius 2 is 0.550 bits per heavy atom. The molecule has 0 saturated heterocycles. The number of hydrogen-bond acceptors (Lipinski definition) is 8. The zero-order valence-corrected chi connectivity index (χ0v) is 33.5. The van der Waals surface area contributed by atoms with Crippen LogP contribution in [0.4, 0.5) is 0 Å². The Labute approximate surface area is 348 Å². The molecule has 4 heterocycles. The molecule has 4 aliphatic rings.